The van der Waals surface area contributed by atoms with E-state index in [2.05, 4.69) is 32.9 Å². The first-order valence-electron chi connectivity index (χ1n) is 5.85. The topological polar surface area (TPSA) is 90.1 Å². The van der Waals surface area contributed by atoms with Gasteiger partial charge in [-0.05, 0) is 57.6 Å². The third kappa shape index (κ3) is 3.34. The predicted octanol–water partition coefficient (Wildman–Crippen LogP) is 2.98. The van der Waals surface area contributed by atoms with Gasteiger partial charge in [0.2, 0.25) is 5.91 Å². The van der Waals surface area contributed by atoms with Crippen molar-refractivity contribution in [1.82, 2.24) is 9.78 Å². The van der Waals surface area contributed by atoms with Crippen LogP contribution in [0.4, 0.5) is 11.5 Å². The molecule has 0 aliphatic rings. The highest BCUT2D eigenvalue weighted by Gasteiger charge is 2.19. The van der Waals surface area contributed by atoms with Gasteiger partial charge in [0.15, 0.2) is 0 Å². The fourth-order valence-electron chi connectivity index (χ4n) is 1.76. The summed E-state index contributed by atoms with van der Waals surface area (Å²) in [6, 6.07) is 5.24. The van der Waals surface area contributed by atoms with Crippen LogP contribution in [0, 0.1) is 17.0 Å². The van der Waals surface area contributed by atoms with Crippen molar-refractivity contribution in [3.05, 3.63) is 57.2 Å². The number of halogens is 1. The van der Waals surface area contributed by atoms with Gasteiger partial charge in [0.25, 0.3) is 0 Å². The minimum Gasteiger partial charge on any atom is -0.358 e. The van der Waals surface area contributed by atoms with Gasteiger partial charge < -0.3 is 15.4 Å². The van der Waals surface area contributed by atoms with Crippen LogP contribution in [-0.4, -0.2) is 20.6 Å². The number of aromatic nitrogens is 2. The fourth-order valence-corrected chi connectivity index (χ4v) is 2.18. The molecule has 1 amide bonds. The number of amides is 1. The number of hydrogen-bond donors (Lipinski definition) is 1. The molecular formula is C13H11BrN4O3. The van der Waals surface area contributed by atoms with Gasteiger partial charge in [0.05, 0.1) is 17.0 Å². The second kappa shape index (κ2) is 5.88. The van der Waals surface area contributed by atoms with Crippen LogP contribution in [0.15, 0.2) is 41.5 Å². The highest BCUT2D eigenvalue weighted by atomic mass is 79.9. The van der Waals surface area contributed by atoms with Gasteiger partial charge >= 0.3 is 5.82 Å². The quantitative estimate of drug-likeness (QED) is 0.521. The van der Waals surface area contributed by atoms with E-state index < -0.39 is 4.92 Å². The Hall–Kier alpha value is -2.48. The van der Waals surface area contributed by atoms with Crippen molar-refractivity contribution >= 4 is 33.3 Å². The maximum absolute atomic E-state index is 11.3. The van der Waals surface area contributed by atoms with E-state index in [4.69, 9.17) is 0 Å². The first kappa shape index (κ1) is 14.9. The van der Waals surface area contributed by atoms with Gasteiger partial charge in [-0.2, -0.15) is 0 Å². The summed E-state index contributed by atoms with van der Waals surface area (Å²) in [5.74, 6) is -0.604. The van der Waals surface area contributed by atoms with Crippen LogP contribution in [0.25, 0.3) is 5.69 Å². The summed E-state index contributed by atoms with van der Waals surface area (Å²) >= 11 is 3.10. The Bertz CT molecular complexity index is 739. The highest BCUT2D eigenvalue weighted by molar-refractivity contribution is 9.10. The number of hydrogen-bond acceptors (Lipinski definition) is 4. The van der Waals surface area contributed by atoms with Crippen LogP contribution in [0.1, 0.15) is 5.56 Å². The maximum atomic E-state index is 11.3. The number of nitro groups is 1. The molecule has 108 valence electrons. The summed E-state index contributed by atoms with van der Waals surface area (Å²) in [7, 11) is 0. The summed E-state index contributed by atoms with van der Waals surface area (Å²) in [4.78, 5) is 21.6. The van der Waals surface area contributed by atoms with Crippen molar-refractivity contribution in [2.24, 2.45) is 0 Å². The molecular weight excluding hydrogens is 340 g/mol. The van der Waals surface area contributed by atoms with Gasteiger partial charge in [-0.1, -0.05) is 6.58 Å². The molecule has 0 radical (unpaired) electrons. The molecule has 0 saturated carbocycles. The summed E-state index contributed by atoms with van der Waals surface area (Å²) in [5, 5.41) is 17.4. The van der Waals surface area contributed by atoms with Crippen LogP contribution in [0.2, 0.25) is 0 Å². The van der Waals surface area contributed by atoms with Gasteiger partial charge in [-0.25, -0.2) is 0 Å². The van der Waals surface area contributed by atoms with E-state index in [1.807, 2.05) is 6.92 Å². The highest BCUT2D eigenvalue weighted by Crippen LogP contribution is 2.25. The number of carbonyl (C=O) groups excluding carboxylic acids is 1. The zero-order valence-electron chi connectivity index (χ0n) is 11.0. The molecule has 1 aromatic heterocycles. The monoisotopic (exact) mass is 350 g/mol. The lowest BCUT2D eigenvalue weighted by molar-refractivity contribution is -0.390. The lowest BCUT2D eigenvalue weighted by Gasteiger charge is -2.06. The first-order chi connectivity index (χ1) is 9.90. The third-order valence-electron chi connectivity index (χ3n) is 2.60. The molecule has 1 aromatic carbocycles. The molecule has 0 aliphatic carbocycles. The zero-order chi connectivity index (χ0) is 15.6. The minimum atomic E-state index is -0.573. The molecule has 21 heavy (non-hydrogen) atoms. The van der Waals surface area contributed by atoms with Crippen LogP contribution in [-0.2, 0) is 4.79 Å². The number of benzene rings is 1. The van der Waals surface area contributed by atoms with E-state index in [1.165, 1.54) is 10.9 Å². The summed E-state index contributed by atoms with van der Waals surface area (Å²) in [5.41, 5.74) is 2.04. The van der Waals surface area contributed by atoms with E-state index >= 15 is 0 Å². The van der Waals surface area contributed by atoms with Crippen LogP contribution >= 0.6 is 15.9 Å². The van der Waals surface area contributed by atoms with Crippen LogP contribution in [0.3, 0.4) is 0 Å². The molecule has 0 fully saturated rings. The molecule has 1 heterocycles. The van der Waals surface area contributed by atoms with Crippen molar-refractivity contribution in [3.63, 3.8) is 0 Å². The lowest BCUT2D eigenvalue weighted by atomic mass is 10.2. The Kier molecular flexibility index (Phi) is 4.18. The van der Waals surface area contributed by atoms with E-state index in [1.54, 1.807) is 18.2 Å². The normalized spacial score (nSPS) is 10.2. The Morgan fingerprint density at radius 2 is 2.24 bits per heavy atom. The largest absolute Gasteiger partial charge is 0.404 e. The average molecular weight is 351 g/mol. The minimum absolute atomic E-state index is 0.270. The van der Waals surface area contributed by atoms with Crippen molar-refractivity contribution in [2.45, 2.75) is 6.92 Å². The van der Waals surface area contributed by atoms with Crippen molar-refractivity contribution in [1.29, 1.82) is 0 Å². The Morgan fingerprint density at radius 1 is 1.52 bits per heavy atom. The summed E-state index contributed by atoms with van der Waals surface area (Å²) in [6.45, 7) is 5.23. The van der Waals surface area contributed by atoms with Gasteiger partial charge in [0, 0.05) is 5.69 Å². The van der Waals surface area contributed by atoms with Crippen LogP contribution in [0.5, 0.6) is 0 Å². The van der Waals surface area contributed by atoms with E-state index in [0.717, 1.165) is 11.6 Å². The summed E-state index contributed by atoms with van der Waals surface area (Å²) < 4.78 is 1.66. The maximum Gasteiger partial charge on any atom is 0.404 e. The lowest BCUT2D eigenvalue weighted by Crippen LogP contribution is -2.08. The molecule has 0 aliphatic heterocycles. The van der Waals surface area contributed by atoms with E-state index in [9.17, 15) is 14.9 Å². The number of anilines is 1. The van der Waals surface area contributed by atoms with Crippen LogP contribution < -0.4 is 5.32 Å². The van der Waals surface area contributed by atoms with Crippen molar-refractivity contribution in [3.8, 4) is 5.69 Å². The third-order valence-corrected chi connectivity index (χ3v) is 3.16. The van der Waals surface area contributed by atoms with E-state index in [0.29, 0.717) is 11.4 Å². The molecule has 0 unspecified atom stereocenters. The average Bonchev–Trinajstić information content (AvgIpc) is 2.80. The SMILES string of the molecule is C=CC(=O)Nc1cc(C)cc(-n2cc(Br)c([N+](=O)[O-])n2)c1. The number of carbonyl (C=O) groups is 1. The van der Waals surface area contributed by atoms with E-state index in [-0.39, 0.29) is 16.2 Å². The Labute approximate surface area is 128 Å². The smallest absolute Gasteiger partial charge is 0.358 e. The standard InChI is InChI=1S/C13H11BrN4O3/c1-3-12(19)15-9-4-8(2)5-10(6-9)17-7-11(14)13(16-17)18(20)21/h3-7H,1H2,2H3,(H,15,19). The Balaban J connectivity index is 2.44. The number of aryl methyl sites for hydroxylation is 1. The second-order valence-corrected chi connectivity index (χ2v) is 5.11. The van der Waals surface area contributed by atoms with Crippen molar-refractivity contribution < 1.29 is 9.72 Å². The molecule has 0 spiro atoms. The summed E-state index contributed by atoms with van der Waals surface area (Å²) in [6.07, 6.45) is 2.66. The predicted molar refractivity (Wildman–Crippen MR) is 81.5 cm³/mol. The molecule has 2 aromatic rings. The molecule has 2 rings (SSSR count). The molecule has 0 atom stereocenters. The molecule has 0 bridgehead atoms. The van der Waals surface area contributed by atoms with Gasteiger partial charge in [-0.3, -0.25) is 4.79 Å². The van der Waals surface area contributed by atoms with Crippen molar-refractivity contribution in [2.75, 3.05) is 5.32 Å². The number of nitrogens with one attached hydrogen (secondary N) is 1. The molecule has 1 N–H and O–H groups in total. The fraction of sp³-hybridized carbons (Fsp3) is 0.0769. The molecule has 8 heteroatoms. The number of rotatable bonds is 4. The second-order valence-electron chi connectivity index (χ2n) is 4.25. The Morgan fingerprint density at radius 3 is 2.81 bits per heavy atom. The van der Waals surface area contributed by atoms with Gasteiger partial charge in [-0.15, -0.1) is 4.68 Å². The number of nitrogens with zero attached hydrogens (tertiary/aromatic N) is 3. The van der Waals surface area contributed by atoms with Gasteiger partial charge in [0.1, 0.15) is 4.47 Å². The zero-order valence-corrected chi connectivity index (χ0v) is 12.6. The molecule has 0 saturated heterocycles. The first-order valence-corrected chi connectivity index (χ1v) is 6.65. The molecule has 7 nitrogen and oxygen atoms in total.